The van der Waals surface area contributed by atoms with Crippen LogP contribution in [0.3, 0.4) is 0 Å². The smallest absolute Gasteiger partial charge is 0.262 e. The van der Waals surface area contributed by atoms with Gasteiger partial charge in [-0.2, -0.15) is 4.39 Å². The van der Waals surface area contributed by atoms with Gasteiger partial charge in [-0.3, -0.25) is 10.1 Å². The van der Waals surface area contributed by atoms with Gasteiger partial charge in [-0.15, -0.1) is 0 Å². The first-order valence-electron chi connectivity index (χ1n) is 1.42. The van der Waals surface area contributed by atoms with E-state index in [4.69, 9.17) is 10.1 Å². The molecule has 0 heterocycles. The van der Waals surface area contributed by atoms with Crippen LogP contribution in [-0.2, 0) is 0 Å². The quantitative estimate of drug-likeness (QED) is 0.270. The Balaban J connectivity index is 3.26. The molecule has 0 aromatic carbocycles. The first-order valence-corrected chi connectivity index (χ1v) is 1.42. The molecule has 6 heavy (non-hydrogen) atoms. The van der Waals surface area contributed by atoms with Gasteiger partial charge < -0.3 is 0 Å². The first-order chi connectivity index (χ1) is 2.64. The summed E-state index contributed by atoms with van der Waals surface area (Å²) in [6, 6.07) is 0. The third-order valence-corrected chi connectivity index (χ3v) is 0.291. The molecule has 0 N–H and O–H groups in total. The summed E-state index contributed by atoms with van der Waals surface area (Å²) in [5.74, 6) is 0. The molecule has 0 aliphatic carbocycles. The van der Waals surface area contributed by atoms with E-state index in [1.807, 2.05) is 0 Å². The lowest BCUT2D eigenvalue weighted by molar-refractivity contribution is -0.548. The first kappa shape index (κ1) is 5.33. The fourth-order valence-electron chi connectivity index (χ4n) is 0. The van der Waals surface area contributed by atoms with E-state index >= 15 is 0 Å². The van der Waals surface area contributed by atoms with Crippen molar-refractivity contribution in [3.05, 3.63) is 10.1 Å². The van der Waals surface area contributed by atoms with Crippen molar-refractivity contribution in [1.82, 2.24) is 0 Å². The molecule has 0 aromatic rings. The minimum Gasteiger partial charge on any atom is -0.262 e. The van der Waals surface area contributed by atoms with Gasteiger partial charge in [0.2, 0.25) is 0 Å². The van der Waals surface area contributed by atoms with Gasteiger partial charge in [-0.25, -0.2) is 0 Å². The fraction of sp³-hybridized carbons (Fsp3) is 1.00. The Kier molecular flexibility index (Phi) is 1.50. The second-order valence-corrected chi connectivity index (χ2v) is 0.859. The maximum Gasteiger partial charge on any atom is 0.347 e. The molecule has 36 valence electrons. The van der Waals surface area contributed by atoms with E-state index in [9.17, 15) is 4.39 Å². The Hall–Kier alpha value is -0.670. The Bertz CT molecular complexity index is 62.6. The van der Waals surface area contributed by atoms with Gasteiger partial charge in [-0.1, -0.05) is 0 Å². The van der Waals surface area contributed by atoms with Gasteiger partial charge >= 0.3 is 6.30 Å². The molecule has 0 radical (unpaired) electrons. The van der Waals surface area contributed by atoms with Crippen molar-refractivity contribution < 1.29 is 9.31 Å². The van der Waals surface area contributed by atoms with Crippen LogP contribution in [0.1, 0.15) is 6.92 Å². The van der Waals surface area contributed by atoms with E-state index < -0.39 is 11.2 Å². The number of nitro groups is 1. The lowest BCUT2D eigenvalue weighted by Gasteiger charge is -1.84. The summed E-state index contributed by atoms with van der Waals surface area (Å²) in [7, 11) is 0. The van der Waals surface area contributed by atoms with Gasteiger partial charge in [0, 0.05) is 6.92 Å². The summed E-state index contributed by atoms with van der Waals surface area (Å²) in [4.78, 5) is 8.13. The summed E-state index contributed by atoms with van der Waals surface area (Å²) in [6.07, 6.45) is -1.93. The van der Waals surface area contributed by atoms with Crippen LogP contribution < -0.4 is 0 Å². The normalized spacial score (nSPS) is 13.7. The van der Waals surface area contributed by atoms with Crippen LogP contribution in [-0.4, -0.2) is 11.2 Å². The minimum absolute atomic E-state index is 0.875. The molecule has 0 aliphatic rings. The summed E-state index contributed by atoms with van der Waals surface area (Å²) >= 11 is 0. The van der Waals surface area contributed by atoms with Gasteiger partial charge in [0.05, 0.1) is 4.92 Å². The predicted molar refractivity (Wildman–Crippen MR) is 17.6 cm³/mol. The molecule has 0 spiro atoms. The third kappa shape index (κ3) is 1.63. The summed E-state index contributed by atoms with van der Waals surface area (Å²) in [5, 5.41) is 9.13. The second kappa shape index (κ2) is 1.69. The highest BCUT2D eigenvalue weighted by molar-refractivity contribution is 4.16. The van der Waals surface area contributed by atoms with E-state index in [1.54, 1.807) is 0 Å². The van der Waals surface area contributed by atoms with Crippen LogP contribution in [0.4, 0.5) is 4.39 Å². The molecule has 0 rings (SSSR count). The molecule has 0 saturated carbocycles. The molecule has 0 aliphatic heterocycles. The highest BCUT2D eigenvalue weighted by Crippen LogP contribution is 1.84. The highest BCUT2D eigenvalue weighted by Gasteiger charge is 2.05. The number of alkyl halides is 1. The molecule has 1 unspecified atom stereocenters. The van der Waals surface area contributed by atoms with E-state index in [1.165, 1.54) is 0 Å². The largest absolute Gasteiger partial charge is 0.347 e. The topological polar surface area (TPSA) is 43.1 Å². The zero-order valence-corrected chi connectivity index (χ0v) is 3.22. The molecular formula is C2H4FNO2. The lowest BCUT2D eigenvalue weighted by atomic mass is 10.8. The zero-order valence-electron chi connectivity index (χ0n) is 3.22. The van der Waals surface area contributed by atoms with Gasteiger partial charge in [0.15, 0.2) is 0 Å². The van der Waals surface area contributed by atoms with Gasteiger partial charge in [0.1, 0.15) is 0 Å². The van der Waals surface area contributed by atoms with Crippen molar-refractivity contribution in [3.8, 4) is 0 Å². The minimum atomic E-state index is -1.93. The van der Waals surface area contributed by atoms with E-state index in [0.717, 1.165) is 6.92 Å². The summed E-state index contributed by atoms with van der Waals surface area (Å²) in [5.41, 5.74) is 0. The molecule has 4 heteroatoms. The molecule has 0 bridgehead atoms. The van der Waals surface area contributed by atoms with Crippen LogP contribution >= 0.6 is 0 Å². The van der Waals surface area contributed by atoms with Gasteiger partial charge in [0.25, 0.3) is 0 Å². The monoisotopic (exact) mass is 93.0 g/mol. The molecule has 0 saturated heterocycles. The van der Waals surface area contributed by atoms with E-state index in [2.05, 4.69) is 0 Å². The Morgan fingerprint density at radius 3 is 2.17 bits per heavy atom. The Morgan fingerprint density at radius 2 is 2.17 bits per heavy atom. The van der Waals surface area contributed by atoms with Crippen LogP contribution in [0.25, 0.3) is 0 Å². The van der Waals surface area contributed by atoms with E-state index in [-0.39, 0.29) is 0 Å². The molecular weight excluding hydrogens is 89.0 g/mol. The standard InChI is InChI=1S/C2H4FNO2/c1-2(3)4(5)6/h2H,1H3. The molecule has 3 nitrogen and oxygen atoms in total. The van der Waals surface area contributed by atoms with Gasteiger partial charge in [-0.05, 0) is 0 Å². The van der Waals surface area contributed by atoms with Crippen molar-refractivity contribution in [2.75, 3.05) is 0 Å². The van der Waals surface area contributed by atoms with Crippen LogP contribution in [0.15, 0.2) is 0 Å². The number of hydrogen-bond acceptors (Lipinski definition) is 2. The molecule has 1 atom stereocenters. The maximum atomic E-state index is 11.1. The van der Waals surface area contributed by atoms with Crippen molar-refractivity contribution in [2.24, 2.45) is 0 Å². The van der Waals surface area contributed by atoms with Crippen molar-refractivity contribution in [1.29, 1.82) is 0 Å². The summed E-state index contributed by atoms with van der Waals surface area (Å²) in [6.45, 7) is 0.875. The van der Waals surface area contributed by atoms with Crippen LogP contribution in [0, 0.1) is 10.1 Å². The second-order valence-electron chi connectivity index (χ2n) is 0.859. The number of hydrogen-bond donors (Lipinski definition) is 0. The number of halogens is 1. The summed E-state index contributed by atoms with van der Waals surface area (Å²) < 4.78 is 11.1. The lowest BCUT2D eigenvalue weighted by Crippen LogP contribution is -2.06. The zero-order chi connectivity index (χ0) is 5.15. The predicted octanol–water partition coefficient (Wildman–Crippen LogP) is 0.579. The fourth-order valence-corrected chi connectivity index (χ4v) is 0. The SMILES string of the molecule is CC(F)[N+](=O)[O-]. The highest BCUT2D eigenvalue weighted by atomic mass is 19.1. The Labute approximate surface area is 33.9 Å². The average Bonchev–Trinajstić information content (AvgIpc) is 1.36. The van der Waals surface area contributed by atoms with Crippen LogP contribution in [0.2, 0.25) is 0 Å². The Morgan fingerprint density at radius 1 is 2.00 bits per heavy atom. The maximum absolute atomic E-state index is 11.1. The van der Waals surface area contributed by atoms with Crippen molar-refractivity contribution >= 4 is 0 Å². The van der Waals surface area contributed by atoms with Crippen molar-refractivity contribution in [3.63, 3.8) is 0 Å². The van der Waals surface area contributed by atoms with Crippen molar-refractivity contribution in [2.45, 2.75) is 13.2 Å². The average molecular weight is 93.1 g/mol. The van der Waals surface area contributed by atoms with Crippen LogP contribution in [0.5, 0.6) is 0 Å². The number of nitrogens with zero attached hydrogens (tertiary/aromatic N) is 1. The molecule has 0 aromatic heterocycles. The molecule has 0 amide bonds. The number of rotatable bonds is 1. The van der Waals surface area contributed by atoms with E-state index in [0.29, 0.717) is 0 Å². The third-order valence-electron chi connectivity index (χ3n) is 0.291. The molecule has 0 fully saturated rings.